The Hall–Kier alpha value is -2.56. The first-order valence-electron chi connectivity index (χ1n) is 5.54. The van der Waals surface area contributed by atoms with Crippen LogP contribution in [0.2, 0.25) is 0 Å². The van der Waals surface area contributed by atoms with Gasteiger partial charge in [0.15, 0.2) is 5.75 Å². The molecule has 0 aromatic heterocycles. The van der Waals surface area contributed by atoms with E-state index in [9.17, 15) is 9.18 Å². The molecule has 0 aliphatic carbocycles. The van der Waals surface area contributed by atoms with E-state index in [2.05, 4.69) is 0 Å². The number of anilines is 1. The van der Waals surface area contributed by atoms with E-state index in [1.54, 1.807) is 13.0 Å². The highest BCUT2D eigenvalue weighted by Gasteiger charge is 2.10. The molecular weight excluding hydrogens is 249 g/mol. The molecule has 0 heterocycles. The number of ether oxygens (including phenoxy) is 1. The number of benzene rings is 2. The highest BCUT2D eigenvalue weighted by molar-refractivity contribution is 5.89. The summed E-state index contributed by atoms with van der Waals surface area (Å²) in [6.45, 7) is 1.76. The Kier molecular flexibility index (Phi) is 3.37. The predicted molar refractivity (Wildman–Crippen MR) is 69.0 cm³/mol. The molecule has 5 heteroatoms. The second-order valence-electron chi connectivity index (χ2n) is 4.07. The third kappa shape index (κ3) is 2.82. The summed E-state index contributed by atoms with van der Waals surface area (Å²) in [6.07, 6.45) is 0. The standard InChI is InChI=1S/C14H12FNO3/c1-8-2-4-10(15)7-12(8)19-13-6-9(14(17)18)3-5-11(13)16/h2-7H,16H2,1H3,(H,17,18). The van der Waals surface area contributed by atoms with E-state index in [4.69, 9.17) is 15.6 Å². The zero-order chi connectivity index (χ0) is 14.0. The van der Waals surface area contributed by atoms with Crippen LogP contribution in [0.5, 0.6) is 11.5 Å². The summed E-state index contributed by atoms with van der Waals surface area (Å²) in [5, 5.41) is 8.91. The van der Waals surface area contributed by atoms with E-state index in [0.717, 1.165) is 5.56 Å². The molecule has 3 N–H and O–H groups in total. The molecule has 0 amide bonds. The van der Waals surface area contributed by atoms with Crippen LogP contribution in [0.3, 0.4) is 0 Å². The molecule has 0 bridgehead atoms. The first-order valence-corrected chi connectivity index (χ1v) is 5.54. The van der Waals surface area contributed by atoms with Gasteiger partial charge >= 0.3 is 5.97 Å². The molecule has 19 heavy (non-hydrogen) atoms. The molecule has 2 rings (SSSR count). The molecule has 0 unspecified atom stereocenters. The minimum Gasteiger partial charge on any atom is -0.478 e. The lowest BCUT2D eigenvalue weighted by Gasteiger charge is -2.11. The number of hydrogen-bond donors (Lipinski definition) is 2. The largest absolute Gasteiger partial charge is 0.478 e. The van der Waals surface area contributed by atoms with Crippen molar-refractivity contribution in [2.24, 2.45) is 0 Å². The normalized spacial score (nSPS) is 10.2. The van der Waals surface area contributed by atoms with E-state index in [1.165, 1.54) is 30.3 Å². The second-order valence-corrected chi connectivity index (χ2v) is 4.07. The fraction of sp³-hybridized carbons (Fsp3) is 0.0714. The Morgan fingerprint density at radius 2 is 1.95 bits per heavy atom. The van der Waals surface area contributed by atoms with Crippen LogP contribution in [0.15, 0.2) is 36.4 Å². The van der Waals surface area contributed by atoms with Crippen LogP contribution in [0, 0.1) is 12.7 Å². The first kappa shape index (κ1) is 12.9. The molecule has 4 nitrogen and oxygen atoms in total. The van der Waals surface area contributed by atoms with Crippen LogP contribution in [0.4, 0.5) is 10.1 Å². The van der Waals surface area contributed by atoms with Crippen molar-refractivity contribution in [2.75, 3.05) is 5.73 Å². The topological polar surface area (TPSA) is 72.5 Å². The Morgan fingerprint density at radius 3 is 2.63 bits per heavy atom. The summed E-state index contributed by atoms with van der Waals surface area (Å²) < 4.78 is 18.6. The number of nitrogens with two attached hydrogens (primary N) is 1. The van der Waals surface area contributed by atoms with E-state index in [0.29, 0.717) is 5.75 Å². The van der Waals surface area contributed by atoms with Crippen LogP contribution in [-0.4, -0.2) is 11.1 Å². The zero-order valence-corrected chi connectivity index (χ0v) is 10.2. The molecule has 0 aliphatic heterocycles. The van der Waals surface area contributed by atoms with Gasteiger partial charge in [-0.15, -0.1) is 0 Å². The van der Waals surface area contributed by atoms with Crippen molar-refractivity contribution in [1.82, 2.24) is 0 Å². The molecule has 0 saturated carbocycles. The van der Waals surface area contributed by atoms with Gasteiger partial charge < -0.3 is 15.6 Å². The van der Waals surface area contributed by atoms with Crippen molar-refractivity contribution in [3.63, 3.8) is 0 Å². The highest BCUT2D eigenvalue weighted by atomic mass is 19.1. The van der Waals surface area contributed by atoms with E-state index in [1.807, 2.05) is 0 Å². The molecule has 0 aliphatic rings. The SMILES string of the molecule is Cc1ccc(F)cc1Oc1cc(C(=O)O)ccc1N. The van der Waals surface area contributed by atoms with Crippen molar-refractivity contribution < 1.29 is 19.0 Å². The quantitative estimate of drug-likeness (QED) is 0.832. The summed E-state index contributed by atoms with van der Waals surface area (Å²) in [4.78, 5) is 10.9. The maximum atomic E-state index is 13.2. The Balaban J connectivity index is 2.40. The lowest BCUT2D eigenvalue weighted by Crippen LogP contribution is -2.00. The van der Waals surface area contributed by atoms with Crippen molar-refractivity contribution >= 4 is 11.7 Å². The maximum Gasteiger partial charge on any atom is 0.335 e. The van der Waals surface area contributed by atoms with E-state index >= 15 is 0 Å². The minimum absolute atomic E-state index is 0.0539. The average molecular weight is 261 g/mol. The van der Waals surface area contributed by atoms with Gasteiger partial charge in [0.2, 0.25) is 0 Å². The van der Waals surface area contributed by atoms with Gasteiger partial charge in [0.1, 0.15) is 11.6 Å². The van der Waals surface area contributed by atoms with Gasteiger partial charge in [-0.3, -0.25) is 0 Å². The third-order valence-corrected chi connectivity index (χ3v) is 2.63. The first-order chi connectivity index (χ1) is 8.97. The summed E-state index contributed by atoms with van der Waals surface area (Å²) >= 11 is 0. The number of carboxylic acids is 1. The molecular formula is C14H12FNO3. The number of hydrogen-bond acceptors (Lipinski definition) is 3. The molecule has 0 atom stereocenters. The molecule has 98 valence electrons. The van der Waals surface area contributed by atoms with Gasteiger partial charge in [0.05, 0.1) is 11.3 Å². The Morgan fingerprint density at radius 1 is 1.21 bits per heavy atom. The second kappa shape index (κ2) is 4.97. The summed E-state index contributed by atoms with van der Waals surface area (Å²) in [5.74, 6) is -1.03. The van der Waals surface area contributed by atoms with Crippen molar-refractivity contribution in [2.45, 2.75) is 6.92 Å². The summed E-state index contributed by atoms with van der Waals surface area (Å²) in [6, 6.07) is 8.24. The number of halogens is 1. The molecule has 0 fully saturated rings. The van der Waals surface area contributed by atoms with Crippen molar-refractivity contribution in [3.8, 4) is 11.5 Å². The fourth-order valence-electron chi connectivity index (χ4n) is 1.56. The number of aryl methyl sites for hydroxylation is 1. The number of carboxylic acid groups (broad SMARTS) is 1. The smallest absolute Gasteiger partial charge is 0.335 e. The maximum absolute atomic E-state index is 13.2. The van der Waals surface area contributed by atoms with Crippen LogP contribution in [-0.2, 0) is 0 Å². The molecule has 0 spiro atoms. The average Bonchev–Trinajstić information content (AvgIpc) is 2.36. The lowest BCUT2D eigenvalue weighted by molar-refractivity contribution is 0.0696. The predicted octanol–water partition coefficient (Wildman–Crippen LogP) is 3.21. The fourth-order valence-corrected chi connectivity index (χ4v) is 1.56. The van der Waals surface area contributed by atoms with Gasteiger partial charge in [0.25, 0.3) is 0 Å². The van der Waals surface area contributed by atoms with Gasteiger partial charge in [-0.2, -0.15) is 0 Å². The molecule has 2 aromatic rings. The minimum atomic E-state index is -1.08. The van der Waals surface area contributed by atoms with E-state index < -0.39 is 11.8 Å². The van der Waals surface area contributed by atoms with Crippen molar-refractivity contribution in [1.29, 1.82) is 0 Å². The lowest BCUT2D eigenvalue weighted by atomic mass is 10.2. The number of nitrogen functional groups attached to an aromatic ring is 1. The Bertz CT molecular complexity index is 641. The number of carbonyl (C=O) groups is 1. The van der Waals surface area contributed by atoms with Crippen LogP contribution in [0.1, 0.15) is 15.9 Å². The molecule has 2 aromatic carbocycles. The van der Waals surface area contributed by atoms with Gasteiger partial charge in [-0.05, 0) is 36.8 Å². The monoisotopic (exact) mass is 261 g/mol. The van der Waals surface area contributed by atoms with E-state index in [-0.39, 0.29) is 17.0 Å². The van der Waals surface area contributed by atoms with Crippen LogP contribution >= 0.6 is 0 Å². The Labute approximate surface area is 109 Å². The van der Waals surface area contributed by atoms with Gasteiger partial charge in [0, 0.05) is 6.07 Å². The highest BCUT2D eigenvalue weighted by Crippen LogP contribution is 2.30. The third-order valence-electron chi connectivity index (χ3n) is 2.63. The zero-order valence-electron chi connectivity index (χ0n) is 10.2. The molecule has 0 saturated heterocycles. The van der Waals surface area contributed by atoms with Crippen LogP contribution < -0.4 is 10.5 Å². The summed E-state index contributed by atoms with van der Waals surface area (Å²) in [7, 11) is 0. The van der Waals surface area contributed by atoms with Gasteiger partial charge in [-0.25, -0.2) is 9.18 Å². The van der Waals surface area contributed by atoms with Gasteiger partial charge in [-0.1, -0.05) is 6.07 Å². The summed E-state index contributed by atoms with van der Waals surface area (Å²) in [5.41, 5.74) is 6.78. The number of aromatic carboxylic acids is 1. The van der Waals surface area contributed by atoms with Crippen LogP contribution in [0.25, 0.3) is 0 Å². The van der Waals surface area contributed by atoms with Crippen molar-refractivity contribution in [3.05, 3.63) is 53.3 Å². The number of rotatable bonds is 3. The molecule has 0 radical (unpaired) electrons.